The second kappa shape index (κ2) is 5.07. The molecule has 2 N–H and O–H groups in total. The fourth-order valence-corrected chi connectivity index (χ4v) is 3.81. The number of aromatic nitrogens is 2. The summed E-state index contributed by atoms with van der Waals surface area (Å²) in [7, 11) is -3.64. The Morgan fingerprint density at radius 1 is 1.56 bits per heavy atom. The number of nitrogens with zero attached hydrogens (tertiary/aromatic N) is 2. The highest BCUT2D eigenvalue weighted by molar-refractivity contribution is 7.89. The van der Waals surface area contributed by atoms with Gasteiger partial charge in [0.05, 0.1) is 12.6 Å². The Morgan fingerprint density at radius 3 is 2.94 bits per heavy atom. The van der Waals surface area contributed by atoms with Crippen molar-refractivity contribution < 1.29 is 18.3 Å². The van der Waals surface area contributed by atoms with Crippen LogP contribution in [0.2, 0.25) is 0 Å². The quantitative estimate of drug-likeness (QED) is 0.827. The normalized spacial score (nSPS) is 21.9. The molecule has 1 atom stereocenters. The molecule has 7 nitrogen and oxygen atoms in total. The van der Waals surface area contributed by atoms with E-state index in [0.717, 1.165) is 12.8 Å². The molecular weight excluding hydrogens is 258 g/mol. The van der Waals surface area contributed by atoms with Gasteiger partial charge in [-0.05, 0) is 12.8 Å². The average molecular weight is 273 g/mol. The molecule has 2 heterocycles. The Kier molecular flexibility index (Phi) is 3.67. The van der Waals surface area contributed by atoms with Crippen LogP contribution in [0, 0.1) is 0 Å². The van der Waals surface area contributed by atoms with E-state index in [-0.39, 0.29) is 11.3 Å². The molecule has 2 rings (SSSR count). The van der Waals surface area contributed by atoms with Crippen molar-refractivity contribution in [3.05, 3.63) is 12.4 Å². The van der Waals surface area contributed by atoms with Crippen LogP contribution < -0.4 is 0 Å². The predicted molar refractivity (Wildman–Crippen MR) is 62.4 cm³/mol. The minimum atomic E-state index is -3.64. The van der Waals surface area contributed by atoms with Gasteiger partial charge in [-0.15, -0.1) is 0 Å². The standard InChI is InChI=1S/C10H15N3O4S/c14-10(15)5-8-3-1-2-4-13(8)18(16,17)9-6-11-12-7-9/h6-8H,1-5H2,(H,11,12)(H,14,15). The summed E-state index contributed by atoms with van der Waals surface area (Å²) in [4.78, 5) is 10.9. The summed E-state index contributed by atoms with van der Waals surface area (Å²) in [5.74, 6) is -0.978. The third-order valence-electron chi connectivity index (χ3n) is 3.06. The molecule has 0 saturated carbocycles. The number of piperidine rings is 1. The fourth-order valence-electron chi connectivity index (χ4n) is 2.21. The van der Waals surface area contributed by atoms with Gasteiger partial charge in [0.1, 0.15) is 4.90 Å². The summed E-state index contributed by atoms with van der Waals surface area (Å²) in [5.41, 5.74) is 0. The van der Waals surface area contributed by atoms with Crippen LogP contribution in [0.25, 0.3) is 0 Å². The third kappa shape index (κ3) is 2.54. The third-order valence-corrected chi connectivity index (χ3v) is 4.98. The van der Waals surface area contributed by atoms with E-state index in [0.29, 0.717) is 13.0 Å². The molecule has 0 amide bonds. The lowest BCUT2D eigenvalue weighted by Gasteiger charge is -2.33. The van der Waals surface area contributed by atoms with Gasteiger partial charge in [0.15, 0.2) is 0 Å². The summed E-state index contributed by atoms with van der Waals surface area (Å²) in [6, 6.07) is -0.462. The first kappa shape index (κ1) is 13.0. The Balaban J connectivity index is 2.26. The zero-order valence-electron chi connectivity index (χ0n) is 9.74. The highest BCUT2D eigenvalue weighted by Crippen LogP contribution is 2.26. The van der Waals surface area contributed by atoms with Gasteiger partial charge >= 0.3 is 5.97 Å². The van der Waals surface area contributed by atoms with E-state index in [4.69, 9.17) is 5.11 Å². The molecule has 0 bridgehead atoms. The number of aromatic amines is 1. The maximum Gasteiger partial charge on any atom is 0.304 e. The van der Waals surface area contributed by atoms with Crippen LogP contribution >= 0.6 is 0 Å². The van der Waals surface area contributed by atoms with Crippen molar-refractivity contribution in [2.75, 3.05) is 6.54 Å². The molecule has 1 saturated heterocycles. The Labute approximate surface area is 105 Å². The van der Waals surface area contributed by atoms with Crippen molar-refractivity contribution in [3.63, 3.8) is 0 Å². The molecule has 1 aliphatic rings. The highest BCUT2D eigenvalue weighted by atomic mass is 32.2. The molecule has 100 valence electrons. The van der Waals surface area contributed by atoms with Gasteiger partial charge in [-0.2, -0.15) is 9.40 Å². The molecule has 0 radical (unpaired) electrons. The van der Waals surface area contributed by atoms with E-state index in [1.54, 1.807) is 0 Å². The summed E-state index contributed by atoms with van der Waals surface area (Å²) >= 11 is 0. The molecule has 8 heteroatoms. The Bertz CT molecular complexity index is 511. The maximum absolute atomic E-state index is 12.3. The lowest BCUT2D eigenvalue weighted by molar-refractivity contribution is -0.138. The van der Waals surface area contributed by atoms with E-state index in [1.807, 2.05) is 0 Å². The second-order valence-electron chi connectivity index (χ2n) is 4.30. The molecule has 1 unspecified atom stereocenters. The molecule has 1 aromatic rings. The van der Waals surface area contributed by atoms with Crippen LogP contribution in [0.5, 0.6) is 0 Å². The first-order valence-corrected chi connectivity index (χ1v) is 7.18. The highest BCUT2D eigenvalue weighted by Gasteiger charge is 2.34. The van der Waals surface area contributed by atoms with E-state index in [9.17, 15) is 13.2 Å². The lowest BCUT2D eigenvalue weighted by Crippen LogP contribution is -2.44. The van der Waals surface area contributed by atoms with Gasteiger partial charge < -0.3 is 5.11 Å². The summed E-state index contributed by atoms with van der Waals surface area (Å²) in [6.45, 7) is 0.367. The molecule has 1 fully saturated rings. The monoisotopic (exact) mass is 273 g/mol. The van der Waals surface area contributed by atoms with Crippen molar-refractivity contribution in [3.8, 4) is 0 Å². The number of nitrogens with one attached hydrogen (secondary N) is 1. The minimum Gasteiger partial charge on any atom is -0.481 e. The summed E-state index contributed by atoms with van der Waals surface area (Å²) in [5, 5.41) is 14.9. The largest absolute Gasteiger partial charge is 0.481 e. The van der Waals surface area contributed by atoms with Crippen LogP contribution in [-0.2, 0) is 14.8 Å². The second-order valence-corrected chi connectivity index (χ2v) is 6.19. The van der Waals surface area contributed by atoms with Crippen LogP contribution in [-0.4, -0.2) is 46.6 Å². The number of carboxylic acids is 1. The SMILES string of the molecule is O=C(O)CC1CCCCN1S(=O)(=O)c1cn[nH]c1. The van der Waals surface area contributed by atoms with Gasteiger partial charge in [0.25, 0.3) is 0 Å². The van der Waals surface area contributed by atoms with E-state index in [2.05, 4.69) is 10.2 Å². The number of carboxylic acid groups (broad SMARTS) is 1. The lowest BCUT2D eigenvalue weighted by atomic mass is 10.0. The van der Waals surface area contributed by atoms with Gasteiger partial charge in [-0.1, -0.05) is 6.42 Å². The van der Waals surface area contributed by atoms with Crippen molar-refractivity contribution in [2.45, 2.75) is 36.6 Å². The molecule has 1 aliphatic heterocycles. The molecular formula is C10H15N3O4S. The van der Waals surface area contributed by atoms with Crippen molar-refractivity contribution in [2.24, 2.45) is 0 Å². The van der Waals surface area contributed by atoms with Crippen LogP contribution in [0.1, 0.15) is 25.7 Å². The van der Waals surface area contributed by atoms with Gasteiger partial charge in [-0.25, -0.2) is 8.42 Å². The molecule has 0 spiro atoms. The number of aliphatic carboxylic acids is 1. The number of H-pyrrole nitrogens is 1. The zero-order chi connectivity index (χ0) is 13.2. The van der Waals surface area contributed by atoms with Crippen LogP contribution in [0.3, 0.4) is 0 Å². The number of carbonyl (C=O) groups is 1. The van der Waals surface area contributed by atoms with E-state index >= 15 is 0 Å². The Morgan fingerprint density at radius 2 is 2.33 bits per heavy atom. The van der Waals surface area contributed by atoms with Crippen molar-refractivity contribution >= 4 is 16.0 Å². The molecule has 1 aromatic heterocycles. The first-order chi connectivity index (χ1) is 8.51. The molecule has 0 aromatic carbocycles. The van der Waals surface area contributed by atoms with Gasteiger partial charge in [0, 0.05) is 18.8 Å². The van der Waals surface area contributed by atoms with Crippen molar-refractivity contribution in [1.29, 1.82) is 0 Å². The fraction of sp³-hybridized carbons (Fsp3) is 0.600. The van der Waals surface area contributed by atoms with Crippen LogP contribution in [0.4, 0.5) is 0 Å². The van der Waals surface area contributed by atoms with Crippen molar-refractivity contribution in [1.82, 2.24) is 14.5 Å². The van der Waals surface area contributed by atoms with Crippen LogP contribution in [0.15, 0.2) is 17.3 Å². The predicted octanol–water partition coefficient (Wildman–Crippen LogP) is 0.428. The maximum atomic E-state index is 12.3. The molecule has 18 heavy (non-hydrogen) atoms. The zero-order valence-corrected chi connectivity index (χ0v) is 10.6. The first-order valence-electron chi connectivity index (χ1n) is 5.74. The summed E-state index contributed by atoms with van der Waals surface area (Å²) in [6.07, 6.45) is 4.59. The number of hydrogen-bond acceptors (Lipinski definition) is 4. The van der Waals surface area contributed by atoms with E-state index in [1.165, 1.54) is 16.7 Å². The van der Waals surface area contributed by atoms with Gasteiger partial charge in [-0.3, -0.25) is 9.89 Å². The number of sulfonamides is 1. The minimum absolute atomic E-state index is 0.0831. The Hall–Kier alpha value is -1.41. The smallest absolute Gasteiger partial charge is 0.304 e. The number of rotatable bonds is 4. The number of hydrogen-bond donors (Lipinski definition) is 2. The molecule has 0 aliphatic carbocycles. The van der Waals surface area contributed by atoms with Gasteiger partial charge in [0.2, 0.25) is 10.0 Å². The summed E-state index contributed by atoms with van der Waals surface area (Å²) < 4.78 is 25.9. The van der Waals surface area contributed by atoms with E-state index < -0.39 is 22.0 Å². The average Bonchev–Trinajstić information content (AvgIpc) is 2.82. The topological polar surface area (TPSA) is 103 Å².